The summed E-state index contributed by atoms with van der Waals surface area (Å²) in [6.45, 7) is 7.21. The molecule has 2 aromatic rings. The fourth-order valence-corrected chi connectivity index (χ4v) is 4.34. The molecule has 0 saturated carbocycles. The lowest BCUT2D eigenvalue weighted by Crippen LogP contribution is -2.51. The summed E-state index contributed by atoms with van der Waals surface area (Å²) in [5, 5.41) is 3.25. The van der Waals surface area contributed by atoms with E-state index in [1.807, 2.05) is 18.3 Å². The number of likely N-dealkylation sites (tertiary alicyclic amines) is 1. The number of halogens is 1. The first-order valence-corrected chi connectivity index (χ1v) is 10.4. The predicted molar refractivity (Wildman–Crippen MR) is 113 cm³/mol. The molecule has 5 rings (SSSR count). The number of aromatic nitrogens is 2. The van der Waals surface area contributed by atoms with E-state index in [4.69, 9.17) is 0 Å². The molecule has 1 N–H and O–H groups in total. The van der Waals surface area contributed by atoms with Gasteiger partial charge in [0.2, 0.25) is 0 Å². The highest BCUT2D eigenvalue weighted by Gasteiger charge is 2.31. The van der Waals surface area contributed by atoms with Crippen LogP contribution in [0.2, 0.25) is 0 Å². The van der Waals surface area contributed by atoms with E-state index < -0.39 is 0 Å². The zero-order chi connectivity index (χ0) is 19.6. The highest BCUT2D eigenvalue weighted by Crippen LogP contribution is 2.35. The van der Waals surface area contributed by atoms with Crippen LogP contribution < -0.4 is 10.2 Å². The Kier molecular flexibility index (Phi) is 5.12. The van der Waals surface area contributed by atoms with E-state index >= 15 is 0 Å². The fourth-order valence-electron chi connectivity index (χ4n) is 4.34. The third-order valence-corrected chi connectivity index (χ3v) is 6.08. The van der Waals surface area contributed by atoms with Gasteiger partial charge in [-0.25, -0.2) is 14.4 Å². The summed E-state index contributed by atoms with van der Waals surface area (Å²) in [7, 11) is 0. The summed E-state index contributed by atoms with van der Waals surface area (Å²) >= 11 is 0. The standard InChI is InChI=1S/C21H26FN7/c22-17-5-2-1-4-16(17)18(14-27-8-3-9-27)28-10-12-29(13-11-28)21-19-20(25-15-26-21)24-7-6-23-19/h1-2,4-6,15,18H,3,7-14H2,(H,24,25,26). The van der Waals surface area contributed by atoms with Gasteiger partial charge in [0, 0.05) is 44.5 Å². The number of nitrogens with zero attached hydrogens (tertiary/aromatic N) is 6. The number of rotatable bonds is 5. The molecule has 0 spiro atoms. The van der Waals surface area contributed by atoms with Gasteiger partial charge < -0.3 is 15.1 Å². The van der Waals surface area contributed by atoms with Crippen molar-refractivity contribution in [3.8, 4) is 0 Å². The monoisotopic (exact) mass is 395 g/mol. The second-order valence-corrected chi connectivity index (χ2v) is 7.80. The molecule has 2 fully saturated rings. The second kappa shape index (κ2) is 8.04. The summed E-state index contributed by atoms with van der Waals surface area (Å²) in [6.07, 6.45) is 4.69. The quantitative estimate of drug-likeness (QED) is 0.839. The van der Waals surface area contributed by atoms with Crippen LogP contribution >= 0.6 is 0 Å². The molecule has 152 valence electrons. The van der Waals surface area contributed by atoms with Crippen LogP contribution in [0.25, 0.3) is 0 Å². The zero-order valence-electron chi connectivity index (χ0n) is 16.5. The molecule has 8 heteroatoms. The molecule has 0 aliphatic carbocycles. The van der Waals surface area contributed by atoms with E-state index in [2.05, 4.69) is 35.0 Å². The van der Waals surface area contributed by atoms with Gasteiger partial charge in [-0.1, -0.05) is 18.2 Å². The van der Waals surface area contributed by atoms with Crippen molar-refractivity contribution in [2.45, 2.75) is 12.5 Å². The minimum absolute atomic E-state index is 0.0812. The first-order valence-electron chi connectivity index (χ1n) is 10.4. The SMILES string of the molecule is Fc1ccccc1C(CN1CCC1)N1CCN(c2ncnc3c2N=CCN3)CC1. The molecule has 0 bridgehead atoms. The number of anilines is 2. The van der Waals surface area contributed by atoms with Gasteiger partial charge in [0.05, 0.1) is 12.6 Å². The lowest BCUT2D eigenvalue weighted by atomic mass is 10.0. The number of hydrogen-bond acceptors (Lipinski definition) is 7. The van der Waals surface area contributed by atoms with Crippen molar-refractivity contribution in [1.82, 2.24) is 19.8 Å². The number of hydrogen-bond donors (Lipinski definition) is 1. The Labute approximate surface area is 170 Å². The van der Waals surface area contributed by atoms with Crippen LogP contribution in [0.5, 0.6) is 0 Å². The Morgan fingerprint density at radius 1 is 1.03 bits per heavy atom. The number of piperazine rings is 1. The van der Waals surface area contributed by atoms with Gasteiger partial charge in [-0.3, -0.25) is 9.89 Å². The van der Waals surface area contributed by atoms with Crippen LogP contribution in [0.15, 0.2) is 35.6 Å². The van der Waals surface area contributed by atoms with E-state index in [1.165, 1.54) is 6.42 Å². The van der Waals surface area contributed by atoms with Gasteiger partial charge in [0.25, 0.3) is 0 Å². The maximum Gasteiger partial charge on any atom is 0.160 e. The molecular weight excluding hydrogens is 369 g/mol. The summed E-state index contributed by atoms with van der Waals surface area (Å²) in [6, 6.07) is 7.30. The molecule has 1 atom stereocenters. The van der Waals surface area contributed by atoms with E-state index in [9.17, 15) is 4.39 Å². The highest BCUT2D eigenvalue weighted by molar-refractivity contribution is 5.84. The number of nitrogens with one attached hydrogen (secondary N) is 1. The minimum atomic E-state index is -0.106. The van der Waals surface area contributed by atoms with Crippen LogP contribution in [-0.4, -0.2) is 78.3 Å². The molecule has 3 aliphatic heterocycles. The number of aliphatic imine (C=N–C) groups is 1. The van der Waals surface area contributed by atoms with Crippen LogP contribution in [0.1, 0.15) is 18.0 Å². The van der Waals surface area contributed by atoms with Gasteiger partial charge in [-0.05, 0) is 25.6 Å². The topological polar surface area (TPSA) is 59.9 Å². The Hall–Kier alpha value is -2.58. The Bertz CT molecular complexity index is 890. The molecule has 1 unspecified atom stereocenters. The average molecular weight is 395 g/mol. The lowest BCUT2D eigenvalue weighted by molar-refractivity contribution is 0.0948. The number of fused-ring (bicyclic) bond motifs is 1. The van der Waals surface area contributed by atoms with Gasteiger partial charge in [-0.15, -0.1) is 0 Å². The van der Waals surface area contributed by atoms with Gasteiger partial charge in [-0.2, -0.15) is 0 Å². The molecule has 0 radical (unpaired) electrons. The third kappa shape index (κ3) is 3.70. The van der Waals surface area contributed by atoms with Crippen LogP contribution in [-0.2, 0) is 0 Å². The summed E-state index contributed by atoms with van der Waals surface area (Å²) < 4.78 is 14.6. The number of benzene rings is 1. The minimum Gasteiger partial charge on any atom is -0.363 e. The normalized spacial score (nSPS) is 20.7. The average Bonchev–Trinajstić information content (AvgIpc) is 2.74. The Balaban J connectivity index is 1.33. The van der Waals surface area contributed by atoms with E-state index in [0.717, 1.165) is 68.7 Å². The second-order valence-electron chi connectivity index (χ2n) is 7.80. The molecule has 29 heavy (non-hydrogen) atoms. The molecule has 1 aromatic carbocycles. The lowest BCUT2D eigenvalue weighted by Gasteiger charge is -2.43. The van der Waals surface area contributed by atoms with Crippen molar-refractivity contribution < 1.29 is 4.39 Å². The summed E-state index contributed by atoms with van der Waals surface area (Å²) in [4.78, 5) is 20.4. The van der Waals surface area contributed by atoms with Gasteiger partial charge in [0.15, 0.2) is 11.6 Å². The van der Waals surface area contributed by atoms with E-state index in [-0.39, 0.29) is 11.9 Å². The van der Waals surface area contributed by atoms with Crippen molar-refractivity contribution in [1.29, 1.82) is 0 Å². The van der Waals surface area contributed by atoms with Crippen LogP contribution in [0, 0.1) is 5.82 Å². The molecule has 3 aliphatic rings. The van der Waals surface area contributed by atoms with Gasteiger partial charge >= 0.3 is 0 Å². The first kappa shape index (κ1) is 18.4. The highest BCUT2D eigenvalue weighted by atomic mass is 19.1. The molecular formula is C21H26FN7. The van der Waals surface area contributed by atoms with Crippen molar-refractivity contribution >= 4 is 23.5 Å². The Morgan fingerprint density at radius 2 is 1.86 bits per heavy atom. The van der Waals surface area contributed by atoms with Crippen LogP contribution in [0.3, 0.4) is 0 Å². The molecule has 7 nitrogen and oxygen atoms in total. The van der Waals surface area contributed by atoms with E-state index in [1.54, 1.807) is 18.5 Å². The third-order valence-electron chi connectivity index (χ3n) is 6.08. The smallest absolute Gasteiger partial charge is 0.160 e. The van der Waals surface area contributed by atoms with Crippen molar-refractivity contribution in [2.75, 3.05) is 62.6 Å². The zero-order valence-corrected chi connectivity index (χ0v) is 16.5. The summed E-state index contributed by atoms with van der Waals surface area (Å²) in [5.41, 5.74) is 1.62. The maximum absolute atomic E-state index is 14.6. The van der Waals surface area contributed by atoms with Crippen molar-refractivity contribution in [3.05, 3.63) is 42.0 Å². The molecule has 4 heterocycles. The van der Waals surface area contributed by atoms with Gasteiger partial charge in [0.1, 0.15) is 17.8 Å². The largest absolute Gasteiger partial charge is 0.363 e. The van der Waals surface area contributed by atoms with Crippen LogP contribution in [0.4, 0.5) is 21.7 Å². The molecule has 2 saturated heterocycles. The van der Waals surface area contributed by atoms with Crippen molar-refractivity contribution in [3.63, 3.8) is 0 Å². The molecule has 0 amide bonds. The molecule has 1 aromatic heterocycles. The Morgan fingerprint density at radius 3 is 2.62 bits per heavy atom. The summed E-state index contributed by atoms with van der Waals surface area (Å²) in [5.74, 6) is 1.57. The fraction of sp³-hybridized carbons (Fsp3) is 0.476. The van der Waals surface area contributed by atoms with Crippen molar-refractivity contribution in [2.24, 2.45) is 4.99 Å². The first-order chi connectivity index (χ1) is 14.3. The van der Waals surface area contributed by atoms with E-state index in [0.29, 0.717) is 6.54 Å². The predicted octanol–water partition coefficient (Wildman–Crippen LogP) is 2.31. The maximum atomic E-state index is 14.6.